The van der Waals surface area contributed by atoms with Crippen LogP contribution in [-0.2, 0) is 17.8 Å². The van der Waals surface area contributed by atoms with E-state index in [9.17, 15) is 4.79 Å². The van der Waals surface area contributed by atoms with Crippen molar-refractivity contribution in [3.63, 3.8) is 0 Å². The summed E-state index contributed by atoms with van der Waals surface area (Å²) in [6.07, 6.45) is 0.350. The minimum atomic E-state index is -0.679. The van der Waals surface area contributed by atoms with Crippen molar-refractivity contribution in [3.05, 3.63) is 47.5 Å². The van der Waals surface area contributed by atoms with Crippen LogP contribution in [0.2, 0.25) is 0 Å². The molecule has 27 heavy (non-hydrogen) atoms. The van der Waals surface area contributed by atoms with Crippen LogP contribution in [-0.4, -0.2) is 31.3 Å². The van der Waals surface area contributed by atoms with E-state index in [1.807, 2.05) is 44.2 Å². The summed E-state index contributed by atoms with van der Waals surface area (Å²) in [5.41, 5.74) is 2.02. The fraction of sp³-hybridized carbons (Fsp3) is 0.381. The van der Waals surface area contributed by atoms with Crippen LogP contribution >= 0.6 is 0 Å². The molecule has 4 rings (SSSR count). The topological polar surface area (TPSA) is 66.0 Å². The van der Waals surface area contributed by atoms with E-state index in [1.165, 1.54) is 0 Å². The van der Waals surface area contributed by atoms with Gasteiger partial charge in [-0.1, -0.05) is 12.1 Å². The van der Waals surface area contributed by atoms with Crippen LogP contribution in [0.15, 0.2) is 36.4 Å². The Morgan fingerprint density at radius 3 is 2.81 bits per heavy atom. The first kappa shape index (κ1) is 17.5. The fourth-order valence-electron chi connectivity index (χ4n) is 3.35. The van der Waals surface area contributed by atoms with E-state index in [2.05, 4.69) is 5.32 Å². The zero-order valence-corrected chi connectivity index (χ0v) is 15.5. The van der Waals surface area contributed by atoms with E-state index < -0.39 is 6.10 Å². The number of rotatable bonds is 5. The Hall–Kier alpha value is -2.89. The Balaban J connectivity index is 1.44. The molecule has 0 aliphatic carbocycles. The summed E-state index contributed by atoms with van der Waals surface area (Å²) < 4.78 is 23.0. The average Bonchev–Trinajstić information content (AvgIpc) is 3.04. The van der Waals surface area contributed by atoms with Crippen molar-refractivity contribution >= 4 is 5.91 Å². The minimum absolute atomic E-state index is 0.159. The number of fused-ring (bicyclic) bond motifs is 2. The second-order valence-corrected chi connectivity index (χ2v) is 6.72. The number of nitrogens with one attached hydrogen (secondary N) is 1. The first-order chi connectivity index (χ1) is 13.1. The molecular formula is C21H23NO5. The number of ether oxygens (including phenoxy) is 4. The summed E-state index contributed by atoms with van der Waals surface area (Å²) in [6.45, 7) is 5.07. The number of carbonyl (C=O) groups is 1. The van der Waals surface area contributed by atoms with Crippen LogP contribution in [0.1, 0.15) is 25.0 Å². The van der Waals surface area contributed by atoms with Crippen molar-refractivity contribution in [1.29, 1.82) is 0 Å². The molecule has 2 aliphatic rings. The lowest BCUT2D eigenvalue weighted by atomic mass is 10.1. The summed E-state index contributed by atoms with van der Waals surface area (Å²) in [5, 5.41) is 2.92. The maximum atomic E-state index is 12.5. The number of hydrogen-bond donors (Lipinski definition) is 1. The van der Waals surface area contributed by atoms with Crippen LogP contribution in [0.4, 0.5) is 0 Å². The molecule has 142 valence electrons. The van der Waals surface area contributed by atoms with Crippen molar-refractivity contribution in [1.82, 2.24) is 5.32 Å². The van der Waals surface area contributed by atoms with Crippen molar-refractivity contribution in [3.8, 4) is 23.0 Å². The third-order valence-electron chi connectivity index (χ3n) is 4.63. The Morgan fingerprint density at radius 1 is 1.19 bits per heavy atom. The third-order valence-corrected chi connectivity index (χ3v) is 4.63. The molecule has 0 bridgehead atoms. The molecule has 1 N–H and O–H groups in total. The zero-order valence-electron chi connectivity index (χ0n) is 15.5. The fourth-order valence-corrected chi connectivity index (χ4v) is 3.35. The third kappa shape index (κ3) is 3.65. The molecule has 6 nitrogen and oxygen atoms in total. The van der Waals surface area contributed by atoms with Crippen molar-refractivity contribution < 1.29 is 23.7 Å². The van der Waals surface area contributed by atoms with Crippen LogP contribution in [0.3, 0.4) is 0 Å². The number of hydrogen-bond acceptors (Lipinski definition) is 5. The SMILES string of the molecule is CCOc1cc2c(cc1CNC(=O)[C@@H]1COc3ccccc3O1)O[C@@H](C)C2. The highest BCUT2D eigenvalue weighted by molar-refractivity contribution is 5.81. The maximum Gasteiger partial charge on any atom is 0.264 e. The summed E-state index contributed by atoms with van der Waals surface area (Å²) in [4.78, 5) is 12.5. The van der Waals surface area contributed by atoms with Gasteiger partial charge in [-0.25, -0.2) is 0 Å². The molecule has 0 unspecified atom stereocenters. The number of amides is 1. The summed E-state index contributed by atoms with van der Waals surface area (Å²) in [7, 11) is 0. The Labute approximate surface area is 158 Å². The molecule has 2 aliphatic heterocycles. The van der Waals surface area contributed by atoms with Gasteiger partial charge in [-0.3, -0.25) is 4.79 Å². The lowest BCUT2D eigenvalue weighted by Gasteiger charge is -2.25. The number of carbonyl (C=O) groups excluding carboxylic acids is 1. The van der Waals surface area contributed by atoms with E-state index in [0.717, 1.165) is 29.0 Å². The van der Waals surface area contributed by atoms with E-state index >= 15 is 0 Å². The molecule has 2 heterocycles. The van der Waals surface area contributed by atoms with Gasteiger partial charge < -0.3 is 24.3 Å². The number of benzene rings is 2. The van der Waals surface area contributed by atoms with E-state index in [4.69, 9.17) is 18.9 Å². The smallest absolute Gasteiger partial charge is 0.264 e. The predicted molar refractivity (Wildman–Crippen MR) is 99.6 cm³/mol. The molecule has 0 aromatic heterocycles. The van der Waals surface area contributed by atoms with Crippen molar-refractivity contribution in [2.24, 2.45) is 0 Å². The van der Waals surface area contributed by atoms with Crippen LogP contribution in [0.5, 0.6) is 23.0 Å². The first-order valence-electron chi connectivity index (χ1n) is 9.25. The van der Waals surface area contributed by atoms with Crippen LogP contribution < -0.4 is 24.3 Å². The largest absolute Gasteiger partial charge is 0.494 e. The second-order valence-electron chi connectivity index (χ2n) is 6.72. The Morgan fingerprint density at radius 2 is 2.00 bits per heavy atom. The molecule has 2 aromatic rings. The van der Waals surface area contributed by atoms with Crippen molar-refractivity contribution in [2.75, 3.05) is 13.2 Å². The van der Waals surface area contributed by atoms with Gasteiger partial charge in [0.25, 0.3) is 5.91 Å². The van der Waals surface area contributed by atoms with Crippen LogP contribution in [0.25, 0.3) is 0 Å². The van der Waals surface area contributed by atoms with Gasteiger partial charge in [-0.15, -0.1) is 0 Å². The lowest BCUT2D eigenvalue weighted by Crippen LogP contribution is -2.43. The predicted octanol–water partition coefficient (Wildman–Crippen LogP) is 2.86. The molecule has 0 radical (unpaired) electrons. The molecule has 0 saturated carbocycles. The zero-order chi connectivity index (χ0) is 18.8. The number of para-hydroxylation sites is 2. The lowest BCUT2D eigenvalue weighted by molar-refractivity contribution is -0.130. The molecule has 0 spiro atoms. The Kier molecular flexibility index (Phi) is 4.79. The Bertz CT molecular complexity index is 850. The maximum absolute atomic E-state index is 12.5. The highest BCUT2D eigenvalue weighted by Gasteiger charge is 2.28. The van der Waals surface area contributed by atoms with Gasteiger partial charge in [0.05, 0.1) is 6.61 Å². The van der Waals surface area contributed by atoms with Gasteiger partial charge in [0.2, 0.25) is 6.10 Å². The quantitative estimate of drug-likeness (QED) is 0.878. The monoisotopic (exact) mass is 369 g/mol. The summed E-state index contributed by atoms with van der Waals surface area (Å²) in [6, 6.07) is 11.3. The second kappa shape index (κ2) is 7.39. The highest BCUT2D eigenvalue weighted by Crippen LogP contribution is 2.35. The van der Waals surface area contributed by atoms with E-state index in [1.54, 1.807) is 6.07 Å². The van der Waals surface area contributed by atoms with E-state index in [0.29, 0.717) is 24.7 Å². The molecule has 2 atom stereocenters. The van der Waals surface area contributed by atoms with Gasteiger partial charge in [0.1, 0.15) is 24.2 Å². The average molecular weight is 369 g/mol. The van der Waals surface area contributed by atoms with Crippen molar-refractivity contribution in [2.45, 2.75) is 39.0 Å². The van der Waals surface area contributed by atoms with Crippen LogP contribution in [0, 0.1) is 0 Å². The normalized spacial score (nSPS) is 19.8. The van der Waals surface area contributed by atoms with Gasteiger partial charge in [-0.05, 0) is 38.1 Å². The standard InChI is InChI=1S/C21H23NO5/c1-3-24-18-9-14-8-13(2)26-19(14)10-15(18)11-22-21(23)20-12-25-16-6-4-5-7-17(16)27-20/h4-7,9-10,13,20H,3,8,11-12H2,1-2H3,(H,22,23)/t13-,20-/m0/s1. The summed E-state index contributed by atoms with van der Waals surface area (Å²) in [5.74, 6) is 2.66. The van der Waals surface area contributed by atoms with E-state index in [-0.39, 0.29) is 18.6 Å². The van der Waals surface area contributed by atoms with Gasteiger partial charge in [0, 0.05) is 24.1 Å². The molecule has 0 saturated heterocycles. The van der Waals surface area contributed by atoms with Gasteiger partial charge >= 0.3 is 0 Å². The van der Waals surface area contributed by atoms with Gasteiger partial charge in [-0.2, -0.15) is 0 Å². The first-order valence-corrected chi connectivity index (χ1v) is 9.25. The summed E-state index contributed by atoms with van der Waals surface area (Å²) >= 11 is 0. The van der Waals surface area contributed by atoms with Gasteiger partial charge in [0.15, 0.2) is 11.5 Å². The highest BCUT2D eigenvalue weighted by atomic mass is 16.6. The molecule has 6 heteroatoms. The molecule has 1 amide bonds. The minimum Gasteiger partial charge on any atom is -0.494 e. The molecule has 2 aromatic carbocycles. The molecule has 0 fully saturated rings. The molecular weight excluding hydrogens is 346 g/mol.